The van der Waals surface area contributed by atoms with E-state index in [4.69, 9.17) is 5.11 Å². The zero-order chi connectivity index (χ0) is 11.5. The third kappa shape index (κ3) is 2.66. The van der Waals surface area contributed by atoms with Crippen molar-refractivity contribution < 1.29 is 9.90 Å². The summed E-state index contributed by atoms with van der Waals surface area (Å²) in [4.78, 5) is 19.4. The number of nitrogens with one attached hydrogen (secondary N) is 2. The quantitative estimate of drug-likeness (QED) is 0.677. The molecule has 0 aromatic carbocycles. The molecule has 0 spiro atoms. The van der Waals surface area contributed by atoms with Gasteiger partial charge in [-0.1, -0.05) is 0 Å². The summed E-state index contributed by atoms with van der Waals surface area (Å²) in [6, 6.07) is -0.217. The minimum atomic E-state index is -0.288. The Balaban J connectivity index is 1.80. The molecule has 0 atom stereocenters. The Morgan fingerprint density at radius 1 is 1.44 bits per heavy atom. The lowest BCUT2D eigenvalue weighted by molar-refractivity contribution is 0.0671. The molecule has 1 aliphatic carbocycles. The highest BCUT2D eigenvalue weighted by Gasteiger charge is 2.28. The van der Waals surface area contributed by atoms with E-state index in [0.717, 1.165) is 0 Å². The number of hydrogen-bond acceptors (Lipinski definition) is 4. The molecular weight excluding hydrogens is 208 g/mol. The molecule has 0 aliphatic heterocycles. The van der Waals surface area contributed by atoms with E-state index in [9.17, 15) is 4.79 Å². The molecule has 0 radical (unpaired) electrons. The van der Waals surface area contributed by atoms with Crippen LogP contribution in [0, 0.1) is 6.92 Å². The molecular formula is C10H14N4O2. The average Bonchev–Trinajstić information content (AvgIpc) is 2.19. The highest BCUT2D eigenvalue weighted by molar-refractivity contribution is 5.89. The molecule has 2 amide bonds. The maximum atomic E-state index is 11.4. The molecule has 16 heavy (non-hydrogen) atoms. The van der Waals surface area contributed by atoms with Gasteiger partial charge in [0.1, 0.15) is 5.82 Å². The zero-order valence-electron chi connectivity index (χ0n) is 8.97. The lowest BCUT2D eigenvalue weighted by Crippen LogP contribution is -2.48. The molecule has 1 aromatic heterocycles. The van der Waals surface area contributed by atoms with Crippen molar-refractivity contribution in [1.29, 1.82) is 0 Å². The standard InChI is InChI=1S/C10H14N4O2/c1-6-11-4-8(5-12-6)14-10(16)13-7-2-9(15)3-7/h4-5,7,9,15H,2-3H2,1H3,(H2,13,14,16). The summed E-state index contributed by atoms with van der Waals surface area (Å²) in [7, 11) is 0. The van der Waals surface area contributed by atoms with Crippen LogP contribution in [0.5, 0.6) is 0 Å². The van der Waals surface area contributed by atoms with Crippen LogP contribution in [0.3, 0.4) is 0 Å². The topological polar surface area (TPSA) is 87.1 Å². The van der Waals surface area contributed by atoms with Crippen LogP contribution in [0.25, 0.3) is 0 Å². The van der Waals surface area contributed by atoms with E-state index < -0.39 is 0 Å². The average molecular weight is 222 g/mol. The number of carbonyl (C=O) groups excluding carboxylic acids is 1. The first kappa shape index (κ1) is 10.8. The zero-order valence-corrected chi connectivity index (χ0v) is 8.97. The van der Waals surface area contributed by atoms with Crippen molar-refractivity contribution in [3.8, 4) is 0 Å². The molecule has 1 heterocycles. The summed E-state index contributed by atoms with van der Waals surface area (Å²) >= 11 is 0. The van der Waals surface area contributed by atoms with Gasteiger partial charge in [0.25, 0.3) is 0 Å². The number of rotatable bonds is 2. The predicted molar refractivity (Wildman–Crippen MR) is 58.0 cm³/mol. The SMILES string of the molecule is Cc1ncc(NC(=O)NC2CC(O)C2)cn1. The van der Waals surface area contributed by atoms with Crippen LogP contribution in [0.2, 0.25) is 0 Å². The van der Waals surface area contributed by atoms with Crippen molar-refractivity contribution in [3.63, 3.8) is 0 Å². The van der Waals surface area contributed by atoms with Gasteiger partial charge in [-0.25, -0.2) is 14.8 Å². The Morgan fingerprint density at radius 2 is 2.06 bits per heavy atom. The largest absolute Gasteiger partial charge is 0.393 e. The summed E-state index contributed by atoms with van der Waals surface area (Å²) in [6.07, 6.45) is 4.08. The van der Waals surface area contributed by atoms with E-state index in [0.29, 0.717) is 24.4 Å². The van der Waals surface area contributed by atoms with Crippen molar-refractivity contribution in [2.75, 3.05) is 5.32 Å². The fourth-order valence-corrected chi connectivity index (χ4v) is 1.52. The number of aromatic nitrogens is 2. The lowest BCUT2D eigenvalue weighted by atomic mass is 9.90. The fourth-order valence-electron chi connectivity index (χ4n) is 1.52. The van der Waals surface area contributed by atoms with Crippen LogP contribution in [-0.2, 0) is 0 Å². The van der Waals surface area contributed by atoms with E-state index in [-0.39, 0.29) is 18.2 Å². The van der Waals surface area contributed by atoms with Crippen LogP contribution < -0.4 is 10.6 Å². The minimum Gasteiger partial charge on any atom is -0.393 e. The lowest BCUT2D eigenvalue weighted by Gasteiger charge is -2.31. The number of anilines is 1. The maximum Gasteiger partial charge on any atom is 0.319 e. The van der Waals surface area contributed by atoms with Crippen molar-refractivity contribution in [3.05, 3.63) is 18.2 Å². The second-order valence-corrected chi connectivity index (χ2v) is 3.94. The molecule has 6 heteroatoms. The molecule has 0 bridgehead atoms. The van der Waals surface area contributed by atoms with E-state index in [1.54, 1.807) is 19.3 Å². The van der Waals surface area contributed by atoms with Crippen molar-refractivity contribution in [2.24, 2.45) is 0 Å². The van der Waals surface area contributed by atoms with Gasteiger partial charge in [-0.05, 0) is 19.8 Å². The van der Waals surface area contributed by atoms with Crippen molar-refractivity contribution in [1.82, 2.24) is 15.3 Å². The minimum absolute atomic E-state index is 0.0707. The van der Waals surface area contributed by atoms with E-state index in [2.05, 4.69) is 20.6 Å². The summed E-state index contributed by atoms with van der Waals surface area (Å²) in [5.41, 5.74) is 0.558. The first-order valence-corrected chi connectivity index (χ1v) is 5.17. The highest BCUT2D eigenvalue weighted by Crippen LogP contribution is 2.19. The third-order valence-electron chi connectivity index (χ3n) is 2.49. The number of aryl methyl sites for hydroxylation is 1. The summed E-state index contributed by atoms with van der Waals surface area (Å²) in [5, 5.41) is 14.4. The molecule has 2 rings (SSSR count). The number of aliphatic hydroxyl groups excluding tert-OH is 1. The molecule has 86 valence electrons. The fraction of sp³-hybridized carbons (Fsp3) is 0.500. The predicted octanol–water partition coefficient (Wildman–Crippen LogP) is 0.430. The summed E-state index contributed by atoms with van der Waals surface area (Å²) in [5.74, 6) is 0.660. The van der Waals surface area contributed by atoms with Gasteiger partial charge in [0.05, 0.1) is 24.2 Å². The Bertz CT molecular complexity index is 373. The van der Waals surface area contributed by atoms with Gasteiger partial charge >= 0.3 is 6.03 Å². The number of nitrogens with zero attached hydrogens (tertiary/aromatic N) is 2. The van der Waals surface area contributed by atoms with Gasteiger partial charge in [0, 0.05) is 6.04 Å². The Labute approximate surface area is 93.1 Å². The van der Waals surface area contributed by atoms with Gasteiger partial charge in [0.2, 0.25) is 0 Å². The number of carbonyl (C=O) groups is 1. The number of aliphatic hydroxyl groups is 1. The van der Waals surface area contributed by atoms with E-state index in [1.165, 1.54) is 0 Å². The van der Waals surface area contributed by atoms with Crippen LogP contribution in [-0.4, -0.2) is 33.3 Å². The second kappa shape index (κ2) is 4.44. The molecule has 1 saturated carbocycles. The smallest absolute Gasteiger partial charge is 0.319 e. The van der Waals surface area contributed by atoms with Gasteiger partial charge in [-0.3, -0.25) is 0 Å². The maximum absolute atomic E-state index is 11.4. The van der Waals surface area contributed by atoms with Gasteiger partial charge in [0.15, 0.2) is 0 Å². The molecule has 6 nitrogen and oxygen atoms in total. The summed E-state index contributed by atoms with van der Waals surface area (Å²) in [6.45, 7) is 1.78. The molecule has 0 saturated heterocycles. The normalized spacial score (nSPS) is 23.4. The summed E-state index contributed by atoms with van der Waals surface area (Å²) < 4.78 is 0. The Morgan fingerprint density at radius 3 is 2.62 bits per heavy atom. The molecule has 1 aliphatic rings. The van der Waals surface area contributed by atoms with E-state index >= 15 is 0 Å². The van der Waals surface area contributed by atoms with Gasteiger partial charge in [-0.15, -0.1) is 0 Å². The van der Waals surface area contributed by atoms with Gasteiger partial charge < -0.3 is 15.7 Å². The number of amides is 2. The van der Waals surface area contributed by atoms with Crippen molar-refractivity contribution in [2.45, 2.75) is 31.9 Å². The van der Waals surface area contributed by atoms with Crippen LogP contribution in [0.1, 0.15) is 18.7 Å². The first-order chi connectivity index (χ1) is 7.63. The molecule has 1 aromatic rings. The van der Waals surface area contributed by atoms with Crippen LogP contribution in [0.4, 0.5) is 10.5 Å². The number of urea groups is 1. The van der Waals surface area contributed by atoms with Gasteiger partial charge in [-0.2, -0.15) is 0 Å². The van der Waals surface area contributed by atoms with Crippen LogP contribution >= 0.6 is 0 Å². The molecule has 3 N–H and O–H groups in total. The first-order valence-electron chi connectivity index (χ1n) is 5.17. The molecule has 0 unspecified atom stereocenters. The molecule has 1 fully saturated rings. The monoisotopic (exact) mass is 222 g/mol. The second-order valence-electron chi connectivity index (χ2n) is 3.94. The Hall–Kier alpha value is -1.69. The Kier molecular flexibility index (Phi) is 3.00. The third-order valence-corrected chi connectivity index (χ3v) is 2.49. The number of hydrogen-bond donors (Lipinski definition) is 3. The van der Waals surface area contributed by atoms with Crippen LogP contribution in [0.15, 0.2) is 12.4 Å². The van der Waals surface area contributed by atoms with Crippen molar-refractivity contribution >= 4 is 11.7 Å². The van der Waals surface area contributed by atoms with E-state index in [1.807, 2.05) is 0 Å². The highest BCUT2D eigenvalue weighted by atomic mass is 16.3.